The molecule has 2 amide bonds. The number of aromatic nitrogens is 1. The summed E-state index contributed by atoms with van der Waals surface area (Å²) in [6, 6.07) is 12.6. The molecular weight excluding hydrogens is 564 g/mol. The van der Waals surface area contributed by atoms with Crippen LogP contribution in [0.25, 0.3) is 0 Å². The molecular formula is C32H32F4N4O3. The fourth-order valence-corrected chi connectivity index (χ4v) is 5.72. The monoisotopic (exact) mass is 596 g/mol. The summed E-state index contributed by atoms with van der Waals surface area (Å²) in [6.45, 7) is 0.842. The lowest BCUT2D eigenvalue weighted by Crippen LogP contribution is -2.28. The molecule has 1 saturated heterocycles. The maximum absolute atomic E-state index is 13.7. The van der Waals surface area contributed by atoms with Crippen LogP contribution in [-0.2, 0) is 35.2 Å². The minimum absolute atomic E-state index is 0.0493. The summed E-state index contributed by atoms with van der Waals surface area (Å²) in [4.78, 5) is 31.3. The molecule has 3 aliphatic rings. The zero-order valence-corrected chi connectivity index (χ0v) is 23.4. The number of pyridine rings is 1. The van der Waals surface area contributed by atoms with Gasteiger partial charge in [0.25, 0.3) is 0 Å². The van der Waals surface area contributed by atoms with Crippen LogP contribution >= 0.6 is 0 Å². The van der Waals surface area contributed by atoms with Crippen LogP contribution in [0, 0.1) is 11.8 Å². The number of alkyl halides is 4. The lowest BCUT2D eigenvalue weighted by atomic mass is 9.83. The second-order valence-corrected chi connectivity index (χ2v) is 11.6. The maximum atomic E-state index is 13.7. The summed E-state index contributed by atoms with van der Waals surface area (Å²) < 4.78 is 60.7. The van der Waals surface area contributed by atoms with Gasteiger partial charge in [-0.05, 0) is 91.6 Å². The number of anilines is 2. The van der Waals surface area contributed by atoms with E-state index in [1.807, 2.05) is 18.2 Å². The smallest absolute Gasteiger partial charge is 0.416 e. The van der Waals surface area contributed by atoms with E-state index in [1.165, 1.54) is 6.07 Å². The predicted octanol–water partition coefficient (Wildman–Crippen LogP) is 6.53. The van der Waals surface area contributed by atoms with Gasteiger partial charge >= 0.3 is 6.18 Å². The first-order chi connectivity index (χ1) is 20.6. The Labute approximate surface area is 246 Å². The van der Waals surface area contributed by atoms with Crippen molar-refractivity contribution in [2.45, 2.75) is 57.4 Å². The van der Waals surface area contributed by atoms with E-state index in [-0.39, 0.29) is 36.5 Å². The van der Waals surface area contributed by atoms with Crippen molar-refractivity contribution in [1.82, 2.24) is 9.88 Å². The quantitative estimate of drug-likeness (QED) is 0.289. The number of carbonyl (C=O) groups is 2. The first kappa shape index (κ1) is 29.1. The molecule has 2 aromatic carbocycles. The van der Waals surface area contributed by atoms with Crippen molar-refractivity contribution in [2.24, 2.45) is 11.8 Å². The number of likely N-dealkylation sites (tertiary alicyclic amines) is 1. The van der Waals surface area contributed by atoms with Crippen LogP contribution in [0.2, 0.25) is 0 Å². The van der Waals surface area contributed by atoms with Crippen molar-refractivity contribution < 1.29 is 31.9 Å². The number of benzene rings is 2. The van der Waals surface area contributed by atoms with Crippen LogP contribution in [0.3, 0.4) is 0 Å². The summed E-state index contributed by atoms with van der Waals surface area (Å²) >= 11 is 0. The third-order valence-corrected chi connectivity index (χ3v) is 8.15. The summed E-state index contributed by atoms with van der Waals surface area (Å²) in [7, 11) is 0. The molecule has 3 aromatic rings. The minimum Gasteiger partial charge on any atom is -0.457 e. The number of ether oxygens (including phenoxy) is 1. The number of carbonyl (C=O) groups excluding carboxylic acids is 2. The van der Waals surface area contributed by atoms with Crippen molar-refractivity contribution in [1.29, 1.82) is 0 Å². The number of rotatable bonds is 8. The molecule has 7 nitrogen and oxygen atoms in total. The van der Waals surface area contributed by atoms with E-state index < -0.39 is 23.8 Å². The van der Waals surface area contributed by atoms with Crippen molar-refractivity contribution in [2.75, 3.05) is 23.7 Å². The Morgan fingerprint density at radius 3 is 2.44 bits per heavy atom. The van der Waals surface area contributed by atoms with Gasteiger partial charge in [-0.25, -0.2) is 9.37 Å². The minimum atomic E-state index is -4.58. The van der Waals surface area contributed by atoms with E-state index >= 15 is 0 Å². The largest absolute Gasteiger partial charge is 0.457 e. The summed E-state index contributed by atoms with van der Waals surface area (Å²) in [5.41, 5.74) is 1.62. The molecule has 1 unspecified atom stereocenters. The van der Waals surface area contributed by atoms with Gasteiger partial charge in [-0.3, -0.25) is 14.5 Å². The van der Waals surface area contributed by atoms with Gasteiger partial charge in [0.15, 0.2) is 0 Å². The zero-order chi connectivity index (χ0) is 30.1. The van der Waals surface area contributed by atoms with Crippen LogP contribution in [0.15, 0.2) is 54.7 Å². The molecule has 1 saturated carbocycles. The highest BCUT2D eigenvalue weighted by Crippen LogP contribution is 2.35. The van der Waals surface area contributed by atoms with Gasteiger partial charge in [-0.2, -0.15) is 13.2 Å². The highest BCUT2D eigenvalue weighted by atomic mass is 19.4. The first-order valence-electron chi connectivity index (χ1n) is 14.5. The number of aryl methyl sites for hydroxylation is 1. The lowest BCUT2D eigenvalue weighted by molar-refractivity contribution is -0.137. The summed E-state index contributed by atoms with van der Waals surface area (Å²) in [5.74, 6) is 0.690. The van der Waals surface area contributed by atoms with E-state index in [2.05, 4.69) is 15.6 Å². The predicted molar refractivity (Wildman–Crippen MR) is 152 cm³/mol. The second-order valence-electron chi connectivity index (χ2n) is 11.6. The average Bonchev–Trinajstić information content (AvgIpc) is 3.74. The number of fused-ring (bicyclic) bond motifs is 1. The number of nitrogens with zero attached hydrogens (tertiary/aromatic N) is 2. The van der Waals surface area contributed by atoms with Crippen LogP contribution in [0.4, 0.5) is 29.1 Å². The van der Waals surface area contributed by atoms with E-state index in [9.17, 15) is 27.2 Å². The molecule has 2 fully saturated rings. The molecule has 2 heterocycles. The second kappa shape index (κ2) is 11.9. The number of amides is 2. The van der Waals surface area contributed by atoms with Crippen LogP contribution in [0.1, 0.15) is 47.9 Å². The zero-order valence-electron chi connectivity index (χ0n) is 23.4. The molecule has 2 atom stereocenters. The van der Waals surface area contributed by atoms with Gasteiger partial charge in [-0.15, -0.1) is 0 Å². The summed E-state index contributed by atoms with van der Waals surface area (Å²) in [5, 5.41) is 5.51. The molecule has 1 aromatic heterocycles. The van der Waals surface area contributed by atoms with E-state index in [4.69, 9.17) is 4.74 Å². The molecule has 2 aliphatic carbocycles. The molecule has 43 heavy (non-hydrogen) atoms. The number of hydrogen-bond donors (Lipinski definition) is 2. The lowest BCUT2D eigenvalue weighted by Gasteiger charge is -2.25. The van der Waals surface area contributed by atoms with Crippen LogP contribution < -0.4 is 15.4 Å². The molecule has 0 radical (unpaired) electrons. The molecule has 1 aliphatic heterocycles. The number of nitrogens with one attached hydrogen (secondary N) is 2. The SMILES string of the molecule is O=C(Nc1cc(CN2CC[C@@H](F)C2)cc(C(F)(F)F)c1)C1CCc2ccc(Oc3ccnc(NC(=O)C4CC4)c3)cc2C1. The molecule has 2 N–H and O–H groups in total. The molecule has 11 heteroatoms. The van der Waals surface area contributed by atoms with E-state index in [0.717, 1.165) is 36.1 Å². The van der Waals surface area contributed by atoms with Gasteiger partial charge in [0.05, 0.1) is 5.56 Å². The van der Waals surface area contributed by atoms with E-state index in [1.54, 1.807) is 23.2 Å². The molecule has 226 valence electrons. The first-order valence-corrected chi connectivity index (χ1v) is 14.5. The standard InChI is InChI=1S/C32H32F4N4O3/c33-25-8-10-40(18-25)17-19-11-24(32(34,35)36)15-26(12-19)38-31(42)22-4-1-20-5-6-27(14-23(20)13-22)43-28-7-9-37-29(16-28)39-30(41)21-2-3-21/h5-7,9,11-12,14-16,21-22,25H,1-4,8,10,13,17-18H2,(H,38,42)(H,37,39,41)/t22?,25-/m1/s1. The topological polar surface area (TPSA) is 83.6 Å². The van der Waals surface area contributed by atoms with Crippen molar-refractivity contribution in [3.63, 3.8) is 0 Å². The number of halogens is 4. The third kappa shape index (κ3) is 7.33. The normalized spacial score (nSPS) is 20.4. The van der Waals surface area contributed by atoms with Crippen molar-refractivity contribution in [3.05, 3.63) is 77.0 Å². The fraction of sp³-hybridized carbons (Fsp3) is 0.406. The van der Waals surface area contributed by atoms with Gasteiger partial charge < -0.3 is 15.4 Å². The average molecular weight is 597 g/mol. The molecule has 0 bridgehead atoms. The Hall–Kier alpha value is -3.99. The fourth-order valence-electron chi connectivity index (χ4n) is 5.72. The Bertz CT molecular complexity index is 1520. The highest BCUT2D eigenvalue weighted by Gasteiger charge is 2.33. The molecule has 6 rings (SSSR count). The highest BCUT2D eigenvalue weighted by molar-refractivity contribution is 5.93. The Balaban J connectivity index is 1.12. The maximum Gasteiger partial charge on any atom is 0.416 e. The third-order valence-electron chi connectivity index (χ3n) is 8.15. The van der Waals surface area contributed by atoms with Crippen LogP contribution in [-0.4, -0.2) is 41.0 Å². The van der Waals surface area contributed by atoms with Gasteiger partial charge in [0.2, 0.25) is 11.8 Å². The van der Waals surface area contributed by atoms with E-state index in [0.29, 0.717) is 55.1 Å². The molecule has 0 spiro atoms. The van der Waals surface area contributed by atoms with Gasteiger partial charge in [0, 0.05) is 49.4 Å². The van der Waals surface area contributed by atoms with Crippen LogP contribution in [0.5, 0.6) is 11.5 Å². The Kier molecular flexibility index (Phi) is 8.09. The van der Waals surface area contributed by atoms with Gasteiger partial charge in [-0.1, -0.05) is 6.07 Å². The van der Waals surface area contributed by atoms with Gasteiger partial charge in [0.1, 0.15) is 23.5 Å². The van der Waals surface area contributed by atoms with Crippen molar-refractivity contribution in [3.8, 4) is 11.5 Å². The Morgan fingerprint density at radius 2 is 1.70 bits per heavy atom. The number of hydrogen-bond acceptors (Lipinski definition) is 5. The van der Waals surface area contributed by atoms with Crippen molar-refractivity contribution >= 4 is 23.3 Å². The Morgan fingerprint density at radius 1 is 0.907 bits per heavy atom. The summed E-state index contributed by atoms with van der Waals surface area (Å²) in [6.07, 6.45) is -0.253.